The lowest BCUT2D eigenvalue weighted by atomic mass is 9.78. The van der Waals surface area contributed by atoms with Crippen molar-refractivity contribution in [2.75, 3.05) is 51.8 Å². The number of β-amino-alcohol motifs (C(OH)–C–C–N with tert-alkyl or cyclic N) is 1. The van der Waals surface area contributed by atoms with Gasteiger partial charge in [0.05, 0.1) is 11.1 Å². The van der Waals surface area contributed by atoms with Crippen LogP contribution in [0.4, 0.5) is 0 Å². The molecule has 0 saturated carbocycles. The fourth-order valence-electron chi connectivity index (χ4n) is 3.85. The second-order valence-corrected chi connectivity index (χ2v) is 10.5. The Morgan fingerprint density at radius 2 is 1.73 bits per heavy atom. The van der Waals surface area contributed by atoms with Gasteiger partial charge in [-0.2, -0.15) is 0 Å². The number of aliphatic hydroxyl groups is 1. The van der Waals surface area contributed by atoms with Gasteiger partial charge in [-0.15, -0.1) is 11.6 Å². The molecule has 2 unspecified atom stereocenters. The highest BCUT2D eigenvalue weighted by Gasteiger charge is 2.24. The first-order chi connectivity index (χ1) is 15.8. The van der Waals surface area contributed by atoms with Gasteiger partial charge in [-0.1, -0.05) is 39.0 Å². The quantitative estimate of drug-likeness (QED) is 0.406. The Labute approximate surface area is 211 Å². The molecular formula is C26H36BrClN2O3. The number of aliphatic hydroxyl groups excluding tert-OH is 1. The van der Waals surface area contributed by atoms with E-state index >= 15 is 0 Å². The molecule has 3 rings (SSSR count). The van der Waals surface area contributed by atoms with Crippen LogP contribution >= 0.6 is 27.5 Å². The van der Waals surface area contributed by atoms with Gasteiger partial charge >= 0.3 is 0 Å². The molecule has 0 spiro atoms. The zero-order valence-electron chi connectivity index (χ0n) is 19.8. The van der Waals surface area contributed by atoms with Gasteiger partial charge in [-0.3, -0.25) is 4.90 Å². The van der Waals surface area contributed by atoms with Crippen molar-refractivity contribution in [2.45, 2.75) is 32.3 Å². The molecular weight excluding hydrogens is 504 g/mol. The summed E-state index contributed by atoms with van der Waals surface area (Å²) in [6.45, 7) is 11.9. The number of hydrogen-bond acceptors (Lipinski definition) is 5. The molecule has 1 aliphatic rings. The SMILES string of the molecule is CC(CCl)COc1ccc(C(C)(C)c2ccc(OCC(O)CN3CCNCC3)cc2)cc1Br. The maximum Gasteiger partial charge on any atom is 0.133 e. The van der Waals surface area contributed by atoms with E-state index in [1.54, 1.807) is 0 Å². The number of halogens is 2. The molecule has 0 radical (unpaired) electrons. The van der Waals surface area contributed by atoms with E-state index in [1.165, 1.54) is 11.1 Å². The number of rotatable bonds is 11. The molecule has 1 aliphatic heterocycles. The van der Waals surface area contributed by atoms with Crippen molar-refractivity contribution in [2.24, 2.45) is 5.92 Å². The molecule has 2 atom stereocenters. The first-order valence-electron chi connectivity index (χ1n) is 11.6. The van der Waals surface area contributed by atoms with Gasteiger partial charge in [0, 0.05) is 49.9 Å². The summed E-state index contributed by atoms with van der Waals surface area (Å²) in [5.74, 6) is 2.48. The molecule has 2 aromatic carbocycles. The molecule has 5 nitrogen and oxygen atoms in total. The van der Waals surface area contributed by atoms with Crippen LogP contribution in [0.1, 0.15) is 31.9 Å². The van der Waals surface area contributed by atoms with Gasteiger partial charge < -0.3 is 19.9 Å². The molecule has 0 bridgehead atoms. The van der Waals surface area contributed by atoms with Crippen molar-refractivity contribution in [1.82, 2.24) is 10.2 Å². The fraction of sp³-hybridized carbons (Fsp3) is 0.538. The summed E-state index contributed by atoms with van der Waals surface area (Å²) in [6.07, 6.45) is -0.496. The fourth-order valence-corrected chi connectivity index (χ4v) is 4.44. The van der Waals surface area contributed by atoms with Crippen LogP contribution in [-0.4, -0.2) is 67.9 Å². The van der Waals surface area contributed by atoms with Crippen molar-refractivity contribution >= 4 is 27.5 Å². The minimum atomic E-state index is -0.496. The number of ether oxygens (including phenoxy) is 2. The highest BCUT2D eigenvalue weighted by atomic mass is 79.9. The molecule has 33 heavy (non-hydrogen) atoms. The third-order valence-electron chi connectivity index (χ3n) is 6.14. The molecule has 0 aliphatic carbocycles. The van der Waals surface area contributed by atoms with E-state index in [0.29, 0.717) is 31.6 Å². The van der Waals surface area contributed by atoms with E-state index < -0.39 is 6.10 Å². The van der Waals surface area contributed by atoms with Crippen molar-refractivity contribution in [1.29, 1.82) is 0 Å². The average Bonchev–Trinajstić information content (AvgIpc) is 2.82. The van der Waals surface area contributed by atoms with E-state index in [4.69, 9.17) is 21.1 Å². The van der Waals surface area contributed by atoms with Crippen molar-refractivity contribution < 1.29 is 14.6 Å². The van der Waals surface area contributed by atoms with Gasteiger partial charge in [-0.05, 0) is 51.3 Å². The summed E-state index contributed by atoms with van der Waals surface area (Å²) >= 11 is 9.54. The van der Waals surface area contributed by atoms with Crippen LogP contribution in [-0.2, 0) is 5.41 Å². The average molecular weight is 540 g/mol. The van der Waals surface area contributed by atoms with Crippen LogP contribution in [0.3, 0.4) is 0 Å². The predicted octanol–water partition coefficient (Wildman–Crippen LogP) is 4.67. The Balaban J connectivity index is 1.57. The van der Waals surface area contributed by atoms with E-state index in [2.05, 4.69) is 71.2 Å². The first kappa shape index (κ1) is 26.3. The second-order valence-electron chi connectivity index (χ2n) is 9.38. The van der Waals surface area contributed by atoms with E-state index in [-0.39, 0.29) is 5.41 Å². The first-order valence-corrected chi connectivity index (χ1v) is 13.0. The third-order valence-corrected chi connectivity index (χ3v) is 7.28. The molecule has 1 heterocycles. The summed E-state index contributed by atoms with van der Waals surface area (Å²) in [5.41, 5.74) is 2.19. The van der Waals surface area contributed by atoms with Gasteiger partial charge in [-0.25, -0.2) is 0 Å². The lowest BCUT2D eigenvalue weighted by molar-refractivity contribution is 0.0641. The number of benzene rings is 2. The monoisotopic (exact) mass is 538 g/mol. The largest absolute Gasteiger partial charge is 0.492 e. The Morgan fingerprint density at radius 3 is 2.36 bits per heavy atom. The molecule has 0 aromatic heterocycles. The predicted molar refractivity (Wildman–Crippen MR) is 139 cm³/mol. The maximum absolute atomic E-state index is 10.3. The normalized spacial score (nSPS) is 16.9. The van der Waals surface area contributed by atoms with Crippen molar-refractivity contribution in [3.63, 3.8) is 0 Å². The van der Waals surface area contributed by atoms with E-state index in [1.807, 2.05) is 18.2 Å². The summed E-state index contributed by atoms with van der Waals surface area (Å²) < 4.78 is 12.7. The van der Waals surface area contributed by atoms with E-state index in [0.717, 1.165) is 42.2 Å². The lowest BCUT2D eigenvalue weighted by Crippen LogP contribution is -2.47. The molecule has 2 aromatic rings. The summed E-state index contributed by atoms with van der Waals surface area (Å²) in [4.78, 5) is 2.27. The van der Waals surface area contributed by atoms with Crippen LogP contribution in [0.25, 0.3) is 0 Å². The minimum absolute atomic E-state index is 0.190. The van der Waals surface area contributed by atoms with Crippen LogP contribution in [0, 0.1) is 5.92 Å². The van der Waals surface area contributed by atoms with Crippen molar-refractivity contribution in [3.05, 3.63) is 58.1 Å². The van der Waals surface area contributed by atoms with Gasteiger partial charge in [0.2, 0.25) is 0 Å². The maximum atomic E-state index is 10.3. The van der Waals surface area contributed by atoms with Crippen molar-refractivity contribution in [3.8, 4) is 11.5 Å². The van der Waals surface area contributed by atoms with E-state index in [9.17, 15) is 5.11 Å². The second kappa shape index (κ2) is 12.4. The van der Waals surface area contributed by atoms with Gasteiger partial charge in [0.25, 0.3) is 0 Å². The van der Waals surface area contributed by atoms with Crippen LogP contribution in [0.5, 0.6) is 11.5 Å². The summed E-state index contributed by atoms with van der Waals surface area (Å²) in [6, 6.07) is 14.4. The zero-order chi connectivity index (χ0) is 23.8. The molecule has 0 amide bonds. The Kier molecular flexibility index (Phi) is 9.89. The Bertz CT molecular complexity index is 872. The zero-order valence-corrected chi connectivity index (χ0v) is 22.2. The number of nitrogens with zero attached hydrogens (tertiary/aromatic N) is 1. The van der Waals surface area contributed by atoms with Gasteiger partial charge in [0.15, 0.2) is 0 Å². The molecule has 1 fully saturated rings. The number of piperazine rings is 1. The van der Waals surface area contributed by atoms with Crippen LogP contribution in [0.15, 0.2) is 46.9 Å². The highest BCUT2D eigenvalue weighted by Crippen LogP contribution is 2.36. The lowest BCUT2D eigenvalue weighted by Gasteiger charge is -2.29. The standard InChI is InChI=1S/C26H36BrClN2O3/c1-19(15-28)17-33-25-9-6-21(14-24(25)27)26(2,3)20-4-7-23(8-5-20)32-18-22(31)16-30-12-10-29-11-13-30/h4-9,14,19,22,29,31H,10-13,15-18H2,1-3H3. The smallest absolute Gasteiger partial charge is 0.133 e. The Morgan fingerprint density at radius 1 is 1.06 bits per heavy atom. The third kappa shape index (κ3) is 7.59. The topological polar surface area (TPSA) is 54.0 Å². The van der Waals surface area contributed by atoms with Crippen LogP contribution < -0.4 is 14.8 Å². The van der Waals surface area contributed by atoms with Crippen LogP contribution in [0.2, 0.25) is 0 Å². The summed E-state index contributed by atoms with van der Waals surface area (Å²) in [5, 5.41) is 13.6. The van der Waals surface area contributed by atoms with Gasteiger partial charge in [0.1, 0.15) is 24.2 Å². The molecule has 7 heteroatoms. The molecule has 1 saturated heterocycles. The summed E-state index contributed by atoms with van der Waals surface area (Å²) in [7, 11) is 0. The number of nitrogens with one attached hydrogen (secondary N) is 1. The minimum Gasteiger partial charge on any atom is -0.492 e. The number of hydrogen-bond donors (Lipinski definition) is 2. The Hall–Kier alpha value is -1.31. The number of alkyl halides is 1. The molecule has 182 valence electrons. The molecule has 2 N–H and O–H groups in total. The highest BCUT2D eigenvalue weighted by molar-refractivity contribution is 9.10.